The molecule has 1 aliphatic heterocycles. The standard InChI is InChI=1S/C14H20ClNO3/c1-16(10-14(18)5-7-19-8-6-14)13-11(9-17)3-2-4-12(13)15/h2-4,17-18H,5-10H2,1H3. The van der Waals surface area contributed by atoms with Crippen LogP contribution in [-0.4, -0.2) is 42.6 Å². The Bertz CT molecular complexity index is 433. The van der Waals surface area contributed by atoms with Gasteiger partial charge in [0.25, 0.3) is 0 Å². The molecule has 1 saturated heterocycles. The van der Waals surface area contributed by atoms with Gasteiger partial charge in [0.1, 0.15) is 0 Å². The van der Waals surface area contributed by atoms with Crippen molar-refractivity contribution in [1.29, 1.82) is 0 Å². The van der Waals surface area contributed by atoms with Crippen LogP contribution in [0.15, 0.2) is 18.2 Å². The van der Waals surface area contributed by atoms with Crippen LogP contribution < -0.4 is 4.90 Å². The van der Waals surface area contributed by atoms with Gasteiger partial charge in [-0.1, -0.05) is 23.7 Å². The Kier molecular flexibility index (Phi) is 4.68. The second-order valence-corrected chi connectivity index (χ2v) is 5.51. The summed E-state index contributed by atoms with van der Waals surface area (Å²) in [6, 6.07) is 5.45. The van der Waals surface area contributed by atoms with E-state index in [0.717, 1.165) is 11.3 Å². The summed E-state index contributed by atoms with van der Waals surface area (Å²) < 4.78 is 5.28. The summed E-state index contributed by atoms with van der Waals surface area (Å²) >= 11 is 6.21. The van der Waals surface area contributed by atoms with Gasteiger partial charge in [-0.15, -0.1) is 0 Å². The van der Waals surface area contributed by atoms with Gasteiger partial charge in [-0.05, 0) is 6.07 Å². The van der Waals surface area contributed by atoms with E-state index in [1.54, 1.807) is 6.07 Å². The van der Waals surface area contributed by atoms with Crippen molar-refractivity contribution in [3.05, 3.63) is 28.8 Å². The average molecular weight is 286 g/mol. The molecular weight excluding hydrogens is 266 g/mol. The van der Waals surface area contributed by atoms with E-state index < -0.39 is 5.60 Å². The summed E-state index contributed by atoms with van der Waals surface area (Å²) in [5.41, 5.74) is 0.802. The Labute approximate surface area is 118 Å². The van der Waals surface area contributed by atoms with Gasteiger partial charge in [0.15, 0.2) is 0 Å². The molecule has 0 bridgehead atoms. The van der Waals surface area contributed by atoms with E-state index in [4.69, 9.17) is 16.3 Å². The molecule has 0 radical (unpaired) electrons. The minimum atomic E-state index is -0.751. The van der Waals surface area contributed by atoms with E-state index in [1.165, 1.54) is 0 Å². The Morgan fingerprint density at radius 3 is 2.68 bits per heavy atom. The molecule has 0 aromatic heterocycles. The summed E-state index contributed by atoms with van der Waals surface area (Å²) in [7, 11) is 1.88. The van der Waals surface area contributed by atoms with Gasteiger partial charge in [-0.2, -0.15) is 0 Å². The van der Waals surface area contributed by atoms with E-state index in [0.29, 0.717) is 37.6 Å². The monoisotopic (exact) mass is 285 g/mol. The van der Waals surface area contributed by atoms with Gasteiger partial charge in [-0.3, -0.25) is 0 Å². The number of para-hydroxylation sites is 1. The third-order valence-corrected chi connectivity index (χ3v) is 3.88. The number of aliphatic hydroxyl groups excluding tert-OH is 1. The highest BCUT2D eigenvalue weighted by molar-refractivity contribution is 6.33. The predicted molar refractivity (Wildman–Crippen MR) is 75.6 cm³/mol. The second-order valence-electron chi connectivity index (χ2n) is 5.10. The molecule has 2 N–H and O–H groups in total. The molecule has 5 heteroatoms. The van der Waals surface area contributed by atoms with Crippen LogP contribution >= 0.6 is 11.6 Å². The molecule has 0 atom stereocenters. The SMILES string of the molecule is CN(CC1(O)CCOCC1)c1c(Cl)cccc1CO. The highest BCUT2D eigenvalue weighted by Crippen LogP contribution is 2.31. The number of nitrogens with zero attached hydrogens (tertiary/aromatic N) is 1. The van der Waals surface area contributed by atoms with Gasteiger partial charge in [0, 0.05) is 45.2 Å². The second kappa shape index (κ2) is 6.09. The zero-order valence-corrected chi connectivity index (χ0v) is 11.9. The number of hydrogen-bond donors (Lipinski definition) is 2. The fraction of sp³-hybridized carbons (Fsp3) is 0.571. The van der Waals surface area contributed by atoms with Crippen molar-refractivity contribution in [2.75, 3.05) is 31.7 Å². The summed E-state index contributed by atoms with van der Waals surface area (Å²) in [5.74, 6) is 0. The molecule has 1 heterocycles. The molecule has 0 aliphatic carbocycles. The van der Waals surface area contributed by atoms with Crippen molar-refractivity contribution < 1.29 is 14.9 Å². The maximum Gasteiger partial charge on any atom is 0.0865 e. The topological polar surface area (TPSA) is 52.9 Å². The number of likely N-dealkylation sites (N-methyl/N-ethyl adjacent to an activating group) is 1. The Morgan fingerprint density at radius 2 is 2.05 bits per heavy atom. The Hall–Kier alpha value is -0.810. The van der Waals surface area contributed by atoms with Crippen LogP contribution in [0.25, 0.3) is 0 Å². The minimum absolute atomic E-state index is 0.0677. The van der Waals surface area contributed by atoms with Gasteiger partial charge < -0.3 is 19.8 Å². The minimum Gasteiger partial charge on any atom is -0.392 e. The maximum absolute atomic E-state index is 10.5. The number of anilines is 1. The molecule has 1 aromatic rings. The van der Waals surface area contributed by atoms with Crippen LogP contribution in [0, 0.1) is 0 Å². The number of rotatable bonds is 4. The lowest BCUT2D eigenvalue weighted by Crippen LogP contribution is -2.46. The fourth-order valence-corrected chi connectivity index (χ4v) is 2.88. The van der Waals surface area contributed by atoms with Crippen LogP contribution in [0.4, 0.5) is 5.69 Å². The van der Waals surface area contributed by atoms with Gasteiger partial charge in [0.2, 0.25) is 0 Å². The molecule has 1 fully saturated rings. The predicted octanol–water partition coefficient (Wildman–Crippen LogP) is 1.81. The summed E-state index contributed by atoms with van der Waals surface area (Å²) in [6.45, 7) is 1.58. The van der Waals surface area contributed by atoms with Crippen molar-refractivity contribution in [1.82, 2.24) is 0 Å². The number of benzene rings is 1. The van der Waals surface area contributed by atoms with E-state index >= 15 is 0 Å². The molecule has 106 valence electrons. The molecule has 0 amide bonds. The third kappa shape index (κ3) is 3.39. The molecule has 0 spiro atoms. The van der Waals surface area contributed by atoms with E-state index in [1.807, 2.05) is 24.1 Å². The lowest BCUT2D eigenvalue weighted by Gasteiger charge is -2.37. The van der Waals surface area contributed by atoms with E-state index in [9.17, 15) is 10.2 Å². The maximum atomic E-state index is 10.5. The number of hydrogen-bond acceptors (Lipinski definition) is 4. The Morgan fingerprint density at radius 1 is 1.37 bits per heavy atom. The lowest BCUT2D eigenvalue weighted by molar-refractivity contribution is -0.0572. The lowest BCUT2D eigenvalue weighted by atomic mass is 9.93. The molecule has 0 unspecified atom stereocenters. The quantitative estimate of drug-likeness (QED) is 0.886. The van der Waals surface area contributed by atoms with Crippen molar-refractivity contribution in [3.63, 3.8) is 0 Å². The molecule has 1 aromatic carbocycles. The number of aliphatic hydroxyl groups is 2. The first-order chi connectivity index (χ1) is 9.06. The third-order valence-electron chi connectivity index (χ3n) is 3.58. The molecular formula is C14H20ClNO3. The van der Waals surface area contributed by atoms with Gasteiger partial charge in [0.05, 0.1) is 22.9 Å². The first-order valence-corrected chi connectivity index (χ1v) is 6.83. The van der Waals surface area contributed by atoms with Crippen molar-refractivity contribution in [2.45, 2.75) is 25.0 Å². The van der Waals surface area contributed by atoms with Crippen molar-refractivity contribution in [2.24, 2.45) is 0 Å². The van der Waals surface area contributed by atoms with Gasteiger partial charge in [-0.25, -0.2) is 0 Å². The zero-order valence-electron chi connectivity index (χ0n) is 11.1. The van der Waals surface area contributed by atoms with E-state index in [-0.39, 0.29) is 6.61 Å². The number of halogens is 1. The molecule has 19 heavy (non-hydrogen) atoms. The summed E-state index contributed by atoms with van der Waals surface area (Å²) in [6.07, 6.45) is 1.24. The fourth-order valence-electron chi connectivity index (χ4n) is 2.55. The normalized spacial score (nSPS) is 18.3. The summed E-state index contributed by atoms with van der Waals surface area (Å²) in [4.78, 5) is 1.92. The zero-order chi connectivity index (χ0) is 13.9. The first kappa shape index (κ1) is 14.6. The number of ether oxygens (including phenoxy) is 1. The van der Waals surface area contributed by atoms with Crippen LogP contribution in [0.1, 0.15) is 18.4 Å². The van der Waals surface area contributed by atoms with Gasteiger partial charge >= 0.3 is 0 Å². The Balaban J connectivity index is 2.17. The highest BCUT2D eigenvalue weighted by Gasteiger charge is 2.31. The first-order valence-electron chi connectivity index (χ1n) is 6.45. The van der Waals surface area contributed by atoms with Crippen LogP contribution in [-0.2, 0) is 11.3 Å². The largest absolute Gasteiger partial charge is 0.392 e. The van der Waals surface area contributed by atoms with Crippen LogP contribution in [0.3, 0.4) is 0 Å². The highest BCUT2D eigenvalue weighted by atomic mass is 35.5. The summed E-state index contributed by atoms with van der Waals surface area (Å²) in [5, 5.41) is 20.5. The molecule has 4 nitrogen and oxygen atoms in total. The molecule has 0 saturated carbocycles. The van der Waals surface area contributed by atoms with Crippen molar-refractivity contribution >= 4 is 17.3 Å². The molecule has 1 aliphatic rings. The van der Waals surface area contributed by atoms with E-state index in [2.05, 4.69) is 0 Å². The van der Waals surface area contributed by atoms with Crippen LogP contribution in [0.2, 0.25) is 5.02 Å². The average Bonchev–Trinajstić information content (AvgIpc) is 2.38. The molecule has 2 rings (SSSR count). The van der Waals surface area contributed by atoms with Crippen molar-refractivity contribution in [3.8, 4) is 0 Å². The van der Waals surface area contributed by atoms with Crippen LogP contribution in [0.5, 0.6) is 0 Å². The smallest absolute Gasteiger partial charge is 0.0865 e.